The second-order valence-electron chi connectivity index (χ2n) is 4.00. The summed E-state index contributed by atoms with van der Waals surface area (Å²) in [4.78, 5) is 0. The summed E-state index contributed by atoms with van der Waals surface area (Å²) in [6.07, 6.45) is 1.14. The van der Waals surface area contributed by atoms with Gasteiger partial charge in [0.25, 0.3) is 0 Å². The Morgan fingerprint density at radius 3 is 2.88 bits per heavy atom. The molecule has 0 spiro atoms. The Hall–Kier alpha value is -0.800. The predicted molar refractivity (Wildman–Crippen MR) is 70.6 cm³/mol. The van der Waals surface area contributed by atoms with Crippen LogP contribution in [0.4, 0.5) is 0 Å². The summed E-state index contributed by atoms with van der Waals surface area (Å²) in [7, 11) is 0. The first-order chi connectivity index (χ1) is 7.72. The maximum Gasteiger partial charge on any atom is 0.138 e. The van der Waals surface area contributed by atoms with E-state index in [4.69, 9.17) is 4.42 Å². The Labute approximate surface area is 104 Å². The van der Waals surface area contributed by atoms with Gasteiger partial charge in [-0.1, -0.05) is 28.9 Å². The van der Waals surface area contributed by atoms with Crippen molar-refractivity contribution in [1.29, 1.82) is 0 Å². The minimum Gasteiger partial charge on any atom is -0.459 e. The van der Waals surface area contributed by atoms with E-state index in [-0.39, 0.29) is 0 Å². The molecule has 86 valence electrons. The maximum absolute atomic E-state index is 5.83. The molecule has 2 rings (SSSR count). The third-order valence-corrected chi connectivity index (χ3v) is 3.30. The SMILES string of the molecule is CCCNCc1cc2c(Br)ccc(C)c2o1. The van der Waals surface area contributed by atoms with Crippen LogP contribution in [0.5, 0.6) is 0 Å². The lowest BCUT2D eigenvalue weighted by molar-refractivity contribution is 0.512. The van der Waals surface area contributed by atoms with E-state index < -0.39 is 0 Å². The Morgan fingerprint density at radius 1 is 1.38 bits per heavy atom. The molecule has 2 aromatic rings. The van der Waals surface area contributed by atoms with E-state index in [0.717, 1.165) is 40.7 Å². The van der Waals surface area contributed by atoms with E-state index in [1.165, 1.54) is 5.56 Å². The van der Waals surface area contributed by atoms with Gasteiger partial charge in [-0.05, 0) is 37.6 Å². The summed E-state index contributed by atoms with van der Waals surface area (Å²) in [6.45, 7) is 6.06. The zero-order chi connectivity index (χ0) is 11.5. The molecule has 0 saturated heterocycles. The van der Waals surface area contributed by atoms with Crippen LogP contribution in [0.25, 0.3) is 11.0 Å². The standard InChI is InChI=1S/C13H16BrNO/c1-3-6-15-8-10-7-11-12(14)5-4-9(2)13(11)16-10/h4-5,7,15H,3,6,8H2,1-2H3. The normalized spacial score (nSPS) is 11.2. The molecule has 0 saturated carbocycles. The average molecular weight is 282 g/mol. The lowest BCUT2D eigenvalue weighted by Crippen LogP contribution is -2.12. The van der Waals surface area contributed by atoms with Gasteiger partial charge >= 0.3 is 0 Å². The van der Waals surface area contributed by atoms with Crippen LogP contribution in [0.1, 0.15) is 24.7 Å². The van der Waals surface area contributed by atoms with E-state index in [1.807, 2.05) is 0 Å². The van der Waals surface area contributed by atoms with Gasteiger partial charge < -0.3 is 9.73 Å². The Morgan fingerprint density at radius 2 is 2.19 bits per heavy atom. The highest BCUT2D eigenvalue weighted by Crippen LogP contribution is 2.29. The van der Waals surface area contributed by atoms with Crippen LogP contribution in [-0.4, -0.2) is 6.54 Å². The first-order valence-corrected chi connectivity index (χ1v) is 6.40. The number of hydrogen-bond donors (Lipinski definition) is 1. The van der Waals surface area contributed by atoms with Crippen LogP contribution in [0, 0.1) is 6.92 Å². The van der Waals surface area contributed by atoms with Crippen molar-refractivity contribution in [3.63, 3.8) is 0 Å². The molecule has 0 unspecified atom stereocenters. The largest absolute Gasteiger partial charge is 0.459 e. The van der Waals surface area contributed by atoms with Crippen molar-refractivity contribution in [2.45, 2.75) is 26.8 Å². The number of halogens is 1. The van der Waals surface area contributed by atoms with Crippen molar-refractivity contribution in [3.05, 3.63) is 34.0 Å². The third-order valence-electron chi connectivity index (χ3n) is 2.60. The molecule has 0 aliphatic heterocycles. The van der Waals surface area contributed by atoms with Gasteiger partial charge in [0.15, 0.2) is 0 Å². The summed E-state index contributed by atoms with van der Waals surface area (Å²) in [5, 5.41) is 4.50. The fraction of sp³-hybridized carbons (Fsp3) is 0.385. The fourth-order valence-electron chi connectivity index (χ4n) is 1.75. The van der Waals surface area contributed by atoms with E-state index in [2.05, 4.69) is 53.3 Å². The molecule has 0 atom stereocenters. The molecule has 0 bridgehead atoms. The van der Waals surface area contributed by atoms with Crippen LogP contribution >= 0.6 is 15.9 Å². The molecule has 0 amide bonds. The molecular weight excluding hydrogens is 266 g/mol. The topological polar surface area (TPSA) is 25.2 Å². The van der Waals surface area contributed by atoms with Gasteiger partial charge in [0, 0.05) is 9.86 Å². The monoisotopic (exact) mass is 281 g/mol. The van der Waals surface area contributed by atoms with Crippen molar-refractivity contribution >= 4 is 26.9 Å². The predicted octanol–water partition coefficient (Wildman–Crippen LogP) is 4.00. The van der Waals surface area contributed by atoms with E-state index in [1.54, 1.807) is 0 Å². The highest BCUT2D eigenvalue weighted by Gasteiger charge is 2.08. The van der Waals surface area contributed by atoms with E-state index in [9.17, 15) is 0 Å². The maximum atomic E-state index is 5.83. The first-order valence-electron chi connectivity index (χ1n) is 5.60. The molecule has 1 N–H and O–H groups in total. The molecule has 0 aliphatic carbocycles. The van der Waals surface area contributed by atoms with Gasteiger partial charge in [-0.3, -0.25) is 0 Å². The summed E-state index contributed by atoms with van der Waals surface area (Å²) >= 11 is 3.55. The molecule has 1 aromatic carbocycles. The molecule has 1 heterocycles. The number of benzene rings is 1. The Kier molecular flexibility index (Phi) is 3.66. The Balaban J connectivity index is 2.29. The van der Waals surface area contributed by atoms with Crippen LogP contribution in [-0.2, 0) is 6.54 Å². The molecule has 0 aliphatic rings. The minimum absolute atomic E-state index is 0.800. The lowest BCUT2D eigenvalue weighted by Gasteiger charge is -1.98. The number of rotatable bonds is 4. The number of nitrogens with one attached hydrogen (secondary N) is 1. The Bertz CT molecular complexity index is 451. The van der Waals surface area contributed by atoms with Gasteiger partial charge in [-0.15, -0.1) is 0 Å². The zero-order valence-corrected chi connectivity index (χ0v) is 11.2. The van der Waals surface area contributed by atoms with Crippen molar-refractivity contribution in [1.82, 2.24) is 5.32 Å². The summed E-state index contributed by atoms with van der Waals surface area (Å²) in [5.41, 5.74) is 2.17. The third kappa shape index (κ3) is 2.30. The van der Waals surface area contributed by atoms with Crippen molar-refractivity contribution in [2.24, 2.45) is 0 Å². The van der Waals surface area contributed by atoms with Gasteiger partial charge in [-0.25, -0.2) is 0 Å². The van der Waals surface area contributed by atoms with Crippen LogP contribution < -0.4 is 5.32 Å². The van der Waals surface area contributed by atoms with E-state index >= 15 is 0 Å². The number of fused-ring (bicyclic) bond motifs is 1. The van der Waals surface area contributed by atoms with Gasteiger partial charge in [0.2, 0.25) is 0 Å². The molecule has 2 nitrogen and oxygen atoms in total. The zero-order valence-electron chi connectivity index (χ0n) is 9.64. The quantitative estimate of drug-likeness (QED) is 0.857. The highest BCUT2D eigenvalue weighted by molar-refractivity contribution is 9.10. The van der Waals surface area contributed by atoms with Crippen LogP contribution in [0.15, 0.2) is 27.1 Å². The van der Waals surface area contributed by atoms with Gasteiger partial charge in [0.1, 0.15) is 11.3 Å². The van der Waals surface area contributed by atoms with Crippen LogP contribution in [0.2, 0.25) is 0 Å². The summed E-state index contributed by atoms with van der Waals surface area (Å²) in [5.74, 6) is 0.999. The fourth-order valence-corrected chi connectivity index (χ4v) is 2.18. The van der Waals surface area contributed by atoms with Crippen molar-refractivity contribution in [2.75, 3.05) is 6.54 Å². The highest BCUT2D eigenvalue weighted by atomic mass is 79.9. The smallest absolute Gasteiger partial charge is 0.138 e. The second-order valence-corrected chi connectivity index (χ2v) is 4.85. The molecule has 3 heteroatoms. The lowest BCUT2D eigenvalue weighted by atomic mass is 10.2. The van der Waals surface area contributed by atoms with E-state index in [0.29, 0.717) is 0 Å². The van der Waals surface area contributed by atoms with Crippen molar-refractivity contribution < 1.29 is 4.42 Å². The first kappa shape index (κ1) is 11.7. The number of furan rings is 1. The molecular formula is C13H16BrNO. The second kappa shape index (κ2) is 5.02. The minimum atomic E-state index is 0.800. The molecule has 16 heavy (non-hydrogen) atoms. The summed E-state index contributed by atoms with van der Waals surface area (Å²) < 4.78 is 6.93. The molecule has 0 fully saturated rings. The van der Waals surface area contributed by atoms with Crippen molar-refractivity contribution in [3.8, 4) is 0 Å². The molecule has 1 aromatic heterocycles. The summed E-state index contributed by atoms with van der Waals surface area (Å²) in [6, 6.07) is 6.24. The van der Waals surface area contributed by atoms with Gasteiger partial charge in [-0.2, -0.15) is 0 Å². The van der Waals surface area contributed by atoms with Gasteiger partial charge in [0.05, 0.1) is 6.54 Å². The molecule has 0 radical (unpaired) electrons. The average Bonchev–Trinajstić information content (AvgIpc) is 2.69. The van der Waals surface area contributed by atoms with Crippen LogP contribution in [0.3, 0.4) is 0 Å². The number of hydrogen-bond acceptors (Lipinski definition) is 2. The number of aryl methyl sites for hydroxylation is 1.